The van der Waals surface area contributed by atoms with Gasteiger partial charge in [-0.25, -0.2) is 0 Å². The van der Waals surface area contributed by atoms with E-state index in [0.29, 0.717) is 6.54 Å². The Morgan fingerprint density at radius 3 is 2.33 bits per heavy atom. The van der Waals surface area contributed by atoms with Crippen molar-refractivity contribution in [2.75, 3.05) is 12.4 Å². The third-order valence-electron chi connectivity index (χ3n) is 3.97. The van der Waals surface area contributed by atoms with Gasteiger partial charge in [-0.3, -0.25) is 9.59 Å². The number of hydrogen-bond donors (Lipinski definition) is 1. The van der Waals surface area contributed by atoms with E-state index in [1.807, 2.05) is 55.5 Å². The van der Waals surface area contributed by atoms with Crippen molar-refractivity contribution in [1.29, 1.82) is 0 Å². The summed E-state index contributed by atoms with van der Waals surface area (Å²) in [5.74, 6) is -0.890. The van der Waals surface area contributed by atoms with E-state index in [2.05, 4.69) is 19.2 Å². The lowest BCUT2D eigenvalue weighted by Crippen LogP contribution is -2.37. The van der Waals surface area contributed by atoms with E-state index in [9.17, 15) is 9.59 Å². The van der Waals surface area contributed by atoms with E-state index in [1.54, 1.807) is 7.05 Å². The molecule has 0 unspecified atom stereocenters. The number of para-hydroxylation sites is 1. The molecule has 0 spiro atoms. The first-order valence-corrected chi connectivity index (χ1v) is 8.10. The van der Waals surface area contributed by atoms with E-state index in [4.69, 9.17) is 0 Å². The van der Waals surface area contributed by atoms with Crippen LogP contribution in [0.15, 0.2) is 48.5 Å². The highest BCUT2D eigenvalue weighted by Crippen LogP contribution is 2.27. The zero-order valence-corrected chi connectivity index (χ0v) is 14.7. The molecule has 24 heavy (non-hydrogen) atoms. The largest absolute Gasteiger partial charge is 0.333 e. The van der Waals surface area contributed by atoms with Gasteiger partial charge in [0.25, 0.3) is 0 Å². The predicted octanol–water partition coefficient (Wildman–Crippen LogP) is 3.72. The highest BCUT2D eigenvalue weighted by Gasteiger charge is 2.21. The summed E-state index contributed by atoms with van der Waals surface area (Å²) in [7, 11) is 1.64. The van der Waals surface area contributed by atoms with Gasteiger partial charge >= 0.3 is 11.8 Å². The summed E-state index contributed by atoms with van der Waals surface area (Å²) in [4.78, 5) is 26.2. The van der Waals surface area contributed by atoms with Crippen molar-refractivity contribution in [3.05, 3.63) is 65.2 Å². The molecule has 2 amide bonds. The second kappa shape index (κ2) is 7.77. The van der Waals surface area contributed by atoms with Gasteiger partial charge in [0.2, 0.25) is 0 Å². The van der Waals surface area contributed by atoms with Crippen LogP contribution in [-0.2, 0) is 16.1 Å². The fourth-order valence-electron chi connectivity index (χ4n) is 2.61. The van der Waals surface area contributed by atoms with Crippen molar-refractivity contribution in [3.8, 4) is 0 Å². The van der Waals surface area contributed by atoms with Crippen molar-refractivity contribution in [2.45, 2.75) is 33.2 Å². The van der Waals surface area contributed by atoms with Crippen LogP contribution < -0.4 is 5.32 Å². The number of rotatable bonds is 4. The first-order chi connectivity index (χ1) is 11.4. The highest BCUT2D eigenvalue weighted by molar-refractivity contribution is 6.39. The number of nitrogens with one attached hydrogen (secondary N) is 1. The zero-order chi connectivity index (χ0) is 17.7. The van der Waals surface area contributed by atoms with Crippen molar-refractivity contribution in [2.24, 2.45) is 0 Å². The molecular weight excluding hydrogens is 300 g/mol. The van der Waals surface area contributed by atoms with Crippen LogP contribution in [0.3, 0.4) is 0 Å². The molecule has 4 heteroatoms. The van der Waals surface area contributed by atoms with Gasteiger partial charge in [-0.15, -0.1) is 0 Å². The third kappa shape index (κ3) is 4.22. The lowest BCUT2D eigenvalue weighted by Gasteiger charge is -2.19. The first-order valence-electron chi connectivity index (χ1n) is 8.10. The van der Waals surface area contributed by atoms with Gasteiger partial charge in [0.05, 0.1) is 0 Å². The fraction of sp³-hybridized carbons (Fsp3) is 0.300. The standard InChI is InChI=1S/C20H24N2O2/c1-14(2)17-12-8-9-15(3)18(17)21-19(23)20(24)22(4)13-16-10-6-5-7-11-16/h5-12,14H,13H2,1-4H3,(H,21,23). The number of carbonyl (C=O) groups excluding carboxylic acids is 2. The van der Waals surface area contributed by atoms with E-state index in [-0.39, 0.29) is 5.92 Å². The Bertz CT molecular complexity index is 724. The first kappa shape index (κ1) is 17.7. The average Bonchev–Trinajstić information content (AvgIpc) is 2.56. The molecule has 2 aromatic carbocycles. The van der Waals surface area contributed by atoms with Crippen LogP contribution in [0, 0.1) is 6.92 Å². The van der Waals surface area contributed by atoms with Gasteiger partial charge in [-0.05, 0) is 29.5 Å². The smallest absolute Gasteiger partial charge is 0.313 e. The van der Waals surface area contributed by atoms with Gasteiger partial charge in [0.1, 0.15) is 0 Å². The molecule has 2 rings (SSSR count). The molecule has 0 radical (unpaired) electrons. The quantitative estimate of drug-likeness (QED) is 0.872. The normalized spacial score (nSPS) is 10.5. The maximum absolute atomic E-state index is 12.4. The maximum Gasteiger partial charge on any atom is 0.313 e. The van der Waals surface area contributed by atoms with Crippen molar-refractivity contribution >= 4 is 17.5 Å². The number of benzene rings is 2. The van der Waals surface area contributed by atoms with Crippen LogP contribution in [0.25, 0.3) is 0 Å². The Morgan fingerprint density at radius 2 is 1.71 bits per heavy atom. The van der Waals surface area contributed by atoms with Crippen molar-refractivity contribution in [3.63, 3.8) is 0 Å². The minimum atomic E-state index is -0.607. The van der Waals surface area contributed by atoms with Crippen LogP contribution in [-0.4, -0.2) is 23.8 Å². The van der Waals surface area contributed by atoms with Gasteiger partial charge in [0.15, 0.2) is 0 Å². The molecular formula is C20H24N2O2. The van der Waals surface area contributed by atoms with E-state index in [0.717, 1.165) is 22.4 Å². The summed E-state index contributed by atoms with van der Waals surface area (Å²) in [5, 5.41) is 2.80. The molecule has 1 N–H and O–H groups in total. The molecule has 0 aromatic heterocycles. The lowest BCUT2D eigenvalue weighted by molar-refractivity contribution is -0.142. The summed E-state index contributed by atoms with van der Waals surface area (Å²) in [6, 6.07) is 15.5. The molecule has 0 aliphatic rings. The summed E-state index contributed by atoms with van der Waals surface area (Å²) >= 11 is 0. The molecule has 0 aliphatic carbocycles. The van der Waals surface area contributed by atoms with Crippen LogP contribution in [0.2, 0.25) is 0 Å². The molecule has 4 nitrogen and oxygen atoms in total. The van der Waals surface area contributed by atoms with Crippen LogP contribution >= 0.6 is 0 Å². The second-order valence-electron chi connectivity index (χ2n) is 6.29. The number of amides is 2. The zero-order valence-electron chi connectivity index (χ0n) is 14.7. The Hall–Kier alpha value is -2.62. The molecule has 0 saturated carbocycles. The monoisotopic (exact) mass is 324 g/mol. The number of aryl methyl sites for hydroxylation is 1. The Balaban J connectivity index is 2.11. The van der Waals surface area contributed by atoms with E-state index in [1.165, 1.54) is 4.90 Å². The Labute approximate surface area is 143 Å². The molecule has 2 aromatic rings. The van der Waals surface area contributed by atoms with Gasteiger partial charge in [-0.1, -0.05) is 62.4 Å². The van der Waals surface area contributed by atoms with Crippen LogP contribution in [0.1, 0.15) is 36.5 Å². The summed E-state index contributed by atoms with van der Waals surface area (Å²) in [6.45, 7) is 6.46. The number of carbonyl (C=O) groups is 2. The topological polar surface area (TPSA) is 49.4 Å². The SMILES string of the molecule is Cc1cccc(C(C)C)c1NC(=O)C(=O)N(C)Cc1ccccc1. The minimum absolute atomic E-state index is 0.261. The predicted molar refractivity (Wildman–Crippen MR) is 96.8 cm³/mol. The van der Waals surface area contributed by atoms with E-state index < -0.39 is 11.8 Å². The Kier molecular flexibility index (Phi) is 5.74. The number of nitrogens with zero attached hydrogens (tertiary/aromatic N) is 1. The molecule has 0 atom stereocenters. The number of hydrogen-bond acceptors (Lipinski definition) is 2. The molecule has 0 fully saturated rings. The molecule has 0 saturated heterocycles. The molecule has 0 bridgehead atoms. The maximum atomic E-state index is 12.4. The van der Waals surface area contributed by atoms with Crippen LogP contribution in [0.4, 0.5) is 5.69 Å². The highest BCUT2D eigenvalue weighted by atomic mass is 16.2. The number of likely N-dealkylation sites (N-methyl/N-ethyl adjacent to an activating group) is 1. The lowest BCUT2D eigenvalue weighted by atomic mass is 9.98. The molecule has 0 heterocycles. The number of anilines is 1. The molecule has 0 aliphatic heterocycles. The van der Waals surface area contributed by atoms with Crippen LogP contribution in [0.5, 0.6) is 0 Å². The van der Waals surface area contributed by atoms with Gasteiger partial charge < -0.3 is 10.2 Å². The minimum Gasteiger partial charge on any atom is -0.333 e. The average molecular weight is 324 g/mol. The Morgan fingerprint density at radius 1 is 1.04 bits per heavy atom. The second-order valence-corrected chi connectivity index (χ2v) is 6.29. The van der Waals surface area contributed by atoms with Gasteiger partial charge in [0, 0.05) is 19.3 Å². The fourth-order valence-corrected chi connectivity index (χ4v) is 2.61. The van der Waals surface area contributed by atoms with Gasteiger partial charge in [-0.2, -0.15) is 0 Å². The van der Waals surface area contributed by atoms with E-state index >= 15 is 0 Å². The summed E-state index contributed by atoms with van der Waals surface area (Å²) < 4.78 is 0. The van der Waals surface area contributed by atoms with Crippen molar-refractivity contribution in [1.82, 2.24) is 4.90 Å². The summed E-state index contributed by atoms with van der Waals surface area (Å²) in [5.41, 5.74) is 3.70. The molecule has 126 valence electrons. The summed E-state index contributed by atoms with van der Waals surface area (Å²) in [6.07, 6.45) is 0. The van der Waals surface area contributed by atoms with Crippen molar-refractivity contribution < 1.29 is 9.59 Å². The third-order valence-corrected chi connectivity index (χ3v) is 3.97.